The number of hydrogen-bond donors (Lipinski definition) is 1. The average Bonchev–Trinajstić information content (AvgIpc) is 3.14. The van der Waals surface area contributed by atoms with Crippen molar-refractivity contribution in [3.05, 3.63) is 74.9 Å². The molecule has 0 radical (unpaired) electrons. The molecule has 4 rings (SSSR count). The van der Waals surface area contributed by atoms with Crippen LogP contribution in [-0.4, -0.2) is 27.2 Å². The van der Waals surface area contributed by atoms with Gasteiger partial charge in [0, 0.05) is 27.5 Å². The molecule has 2 aromatic heterocycles. The monoisotopic (exact) mass is 526 g/mol. The maximum absolute atomic E-state index is 13.8. The molecule has 1 N–H and O–H groups in total. The minimum Gasteiger partial charge on any atom is -0.352 e. The van der Waals surface area contributed by atoms with Gasteiger partial charge in [-0.1, -0.05) is 53.9 Å². The highest BCUT2D eigenvalue weighted by Crippen LogP contribution is 2.38. The molecule has 0 aliphatic rings. The van der Waals surface area contributed by atoms with E-state index in [1.165, 1.54) is 10.7 Å². The molecule has 0 spiro atoms. The van der Waals surface area contributed by atoms with E-state index < -0.39 is 23.3 Å². The van der Waals surface area contributed by atoms with Crippen LogP contribution in [0.25, 0.3) is 28.0 Å². The standard InChI is InChI=1S/C23H16Cl3F3N4O/c1-2-9-30-22(34)16-11-15-19(12-3-5-13(24)6-4-12)33(18-8-7-14(25)10-17(18)26)32-21(15)31-20(16)23(27,28)29/h3-8,10-11H,2,9H2,1H3,(H,30,34). The van der Waals surface area contributed by atoms with Crippen LogP contribution in [0.3, 0.4) is 0 Å². The van der Waals surface area contributed by atoms with Crippen LogP contribution in [0.2, 0.25) is 15.1 Å². The number of hydrogen-bond acceptors (Lipinski definition) is 3. The van der Waals surface area contributed by atoms with Gasteiger partial charge in [0.1, 0.15) is 0 Å². The van der Waals surface area contributed by atoms with E-state index in [4.69, 9.17) is 34.8 Å². The van der Waals surface area contributed by atoms with E-state index in [0.717, 1.165) is 6.07 Å². The summed E-state index contributed by atoms with van der Waals surface area (Å²) in [6.45, 7) is 2.02. The Labute approximate surface area is 207 Å². The van der Waals surface area contributed by atoms with Crippen LogP contribution in [0.5, 0.6) is 0 Å². The van der Waals surface area contributed by atoms with E-state index in [2.05, 4.69) is 15.4 Å². The SMILES string of the molecule is CCCNC(=O)c1cc2c(-c3ccc(Cl)cc3)n(-c3ccc(Cl)cc3Cl)nc2nc1C(F)(F)F. The molecule has 2 heterocycles. The summed E-state index contributed by atoms with van der Waals surface area (Å²) in [6.07, 6.45) is -4.30. The number of carbonyl (C=O) groups excluding carboxylic acids is 1. The fraction of sp³-hybridized carbons (Fsp3) is 0.174. The van der Waals surface area contributed by atoms with Crippen molar-refractivity contribution in [1.29, 1.82) is 0 Å². The van der Waals surface area contributed by atoms with Gasteiger partial charge in [0.15, 0.2) is 11.3 Å². The summed E-state index contributed by atoms with van der Waals surface area (Å²) in [5, 5.41) is 8.13. The van der Waals surface area contributed by atoms with Gasteiger partial charge in [0.25, 0.3) is 5.91 Å². The van der Waals surface area contributed by atoms with E-state index in [0.29, 0.717) is 33.4 Å². The van der Waals surface area contributed by atoms with Crippen molar-refractivity contribution in [1.82, 2.24) is 20.1 Å². The summed E-state index contributed by atoms with van der Waals surface area (Å²) < 4.78 is 42.9. The summed E-state index contributed by atoms with van der Waals surface area (Å²) in [7, 11) is 0. The van der Waals surface area contributed by atoms with Crippen LogP contribution in [0.1, 0.15) is 29.4 Å². The van der Waals surface area contributed by atoms with Crippen LogP contribution < -0.4 is 5.32 Å². The second-order valence-electron chi connectivity index (χ2n) is 7.37. The molecule has 0 unspecified atom stereocenters. The molecule has 176 valence electrons. The Morgan fingerprint density at radius 3 is 2.32 bits per heavy atom. The van der Waals surface area contributed by atoms with Crippen LogP contribution in [0, 0.1) is 0 Å². The van der Waals surface area contributed by atoms with Crippen molar-refractivity contribution in [3.8, 4) is 16.9 Å². The smallest absolute Gasteiger partial charge is 0.352 e. The van der Waals surface area contributed by atoms with Gasteiger partial charge < -0.3 is 5.32 Å². The zero-order chi connectivity index (χ0) is 24.6. The summed E-state index contributed by atoms with van der Waals surface area (Å²) in [6, 6.07) is 12.5. The molecular formula is C23H16Cl3F3N4O. The molecule has 0 atom stereocenters. The Morgan fingerprint density at radius 2 is 1.71 bits per heavy atom. The molecule has 1 amide bonds. The van der Waals surface area contributed by atoms with Gasteiger partial charge in [-0.3, -0.25) is 4.79 Å². The van der Waals surface area contributed by atoms with Crippen molar-refractivity contribution < 1.29 is 18.0 Å². The number of nitrogens with one attached hydrogen (secondary N) is 1. The number of fused-ring (bicyclic) bond motifs is 1. The van der Waals surface area contributed by atoms with Crippen LogP contribution in [-0.2, 0) is 6.18 Å². The summed E-state index contributed by atoms with van der Waals surface area (Å²) in [5.41, 5.74) is -0.760. The number of nitrogens with zero attached hydrogens (tertiary/aromatic N) is 3. The lowest BCUT2D eigenvalue weighted by molar-refractivity contribution is -0.141. The third-order valence-electron chi connectivity index (χ3n) is 4.97. The number of rotatable bonds is 5. The fourth-order valence-corrected chi connectivity index (χ4v) is 4.06. The third kappa shape index (κ3) is 4.71. The van der Waals surface area contributed by atoms with Gasteiger partial charge in [-0.15, -0.1) is 5.10 Å². The summed E-state index contributed by atoms with van der Waals surface area (Å²) in [5.74, 6) is -0.872. The van der Waals surface area contributed by atoms with Crippen molar-refractivity contribution in [3.63, 3.8) is 0 Å². The van der Waals surface area contributed by atoms with Gasteiger partial charge in [-0.05, 0) is 42.8 Å². The quantitative estimate of drug-likeness (QED) is 0.298. The molecule has 0 fully saturated rings. The van der Waals surface area contributed by atoms with Gasteiger partial charge in [-0.25, -0.2) is 9.67 Å². The maximum atomic E-state index is 13.8. The number of amides is 1. The fourth-order valence-electron chi connectivity index (χ4n) is 3.45. The zero-order valence-corrected chi connectivity index (χ0v) is 19.8. The van der Waals surface area contributed by atoms with Gasteiger partial charge in [0.2, 0.25) is 0 Å². The molecule has 4 aromatic rings. The van der Waals surface area contributed by atoms with Gasteiger partial charge in [0.05, 0.1) is 22.0 Å². The highest BCUT2D eigenvalue weighted by atomic mass is 35.5. The second-order valence-corrected chi connectivity index (χ2v) is 8.65. The Kier molecular flexibility index (Phi) is 6.75. The van der Waals surface area contributed by atoms with E-state index in [9.17, 15) is 18.0 Å². The maximum Gasteiger partial charge on any atom is 0.434 e. The molecule has 0 aliphatic carbocycles. The number of alkyl halides is 3. The topological polar surface area (TPSA) is 59.8 Å². The second kappa shape index (κ2) is 9.44. The summed E-state index contributed by atoms with van der Waals surface area (Å²) >= 11 is 18.4. The molecule has 2 aromatic carbocycles. The van der Waals surface area contributed by atoms with E-state index >= 15 is 0 Å². The molecule has 0 saturated heterocycles. The molecule has 0 aliphatic heterocycles. The Balaban J connectivity index is 2.06. The predicted octanol–water partition coefficient (Wildman–Crippen LogP) is 7.21. The first-order chi connectivity index (χ1) is 16.1. The largest absolute Gasteiger partial charge is 0.434 e. The van der Waals surface area contributed by atoms with Gasteiger partial charge in [-0.2, -0.15) is 13.2 Å². The molecular weight excluding hydrogens is 512 g/mol. The number of halogens is 6. The first kappa shape index (κ1) is 24.3. The lowest BCUT2D eigenvalue weighted by Crippen LogP contribution is -2.27. The first-order valence-corrected chi connectivity index (χ1v) is 11.2. The Hall–Kier alpha value is -2.81. The van der Waals surface area contributed by atoms with E-state index in [-0.39, 0.29) is 22.6 Å². The lowest BCUT2D eigenvalue weighted by Gasteiger charge is -2.12. The molecule has 5 nitrogen and oxygen atoms in total. The molecule has 11 heteroatoms. The molecule has 0 saturated carbocycles. The Morgan fingerprint density at radius 1 is 1.03 bits per heavy atom. The normalized spacial score (nSPS) is 11.7. The number of benzene rings is 2. The number of carbonyl (C=O) groups is 1. The highest BCUT2D eigenvalue weighted by molar-refractivity contribution is 6.35. The first-order valence-electron chi connectivity index (χ1n) is 10.1. The minimum absolute atomic E-state index is 0.199. The number of aromatic nitrogens is 3. The number of pyridine rings is 1. The van der Waals surface area contributed by atoms with Crippen LogP contribution in [0.4, 0.5) is 13.2 Å². The summed E-state index contributed by atoms with van der Waals surface area (Å²) in [4.78, 5) is 16.4. The average molecular weight is 528 g/mol. The molecule has 0 bridgehead atoms. The third-order valence-corrected chi connectivity index (χ3v) is 5.76. The predicted molar refractivity (Wildman–Crippen MR) is 127 cm³/mol. The molecule has 34 heavy (non-hydrogen) atoms. The van der Waals surface area contributed by atoms with Crippen molar-refractivity contribution in [2.24, 2.45) is 0 Å². The van der Waals surface area contributed by atoms with Crippen molar-refractivity contribution in [2.75, 3.05) is 6.54 Å². The minimum atomic E-state index is -4.87. The highest BCUT2D eigenvalue weighted by Gasteiger charge is 2.38. The Bertz CT molecular complexity index is 1390. The van der Waals surface area contributed by atoms with Crippen molar-refractivity contribution >= 4 is 51.7 Å². The van der Waals surface area contributed by atoms with Crippen LogP contribution in [0.15, 0.2) is 48.5 Å². The van der Waals surface area contributed by atoms with Crippen LogP contribution >= 0.6 is 34.8 Å². The zero-order valence-electron chi connectivity index (χ0n) is 17.6. The lowest BCUT2D eigenvalue weighted by atomic mass is 10.0. The van der Waals surface area contributed by atoms with E-state index in [1.54, 1.807) is 43.3 Å². The van der Waals surface area contributed by atoms with Crippen molar-refractivity contribution in [2.45, 2.75) is 19.5 Å². The van der Waals surface area contributed by atoms with E-state index in [1.807, 2.05) is 0 Å². The van der Waals surface area contributed by atoms with Gasteiger partial charge >= 0.3 is 6.18 Å².